The summed E-state index contributed by atoms with van der Waals surface area (Å²) < 4.78 is 29.6. The van der Waals surface area contributed by atoms with Crippen LogP contribution in [-0.4, -0.2) is 56.7 Å². The summed E-state index contributed by atoms with van der Waals surface area (Å²) in [5, 5.41) is 2.34. The minimum Gasteiger partial charge on any atom is -0.378 e. The maximum atomic E-state index is 12.3. The van der Waals surface area contributed by atoms with Gasteiger partial charge in [-0.2, -0.15) is 0 Å². The first-order valence-electron chi connectivity index (χ1n) is 10.3. The zero-order valence-electron chi connectivity index (χ0n) is 17.8. The van der Waals surface area contributed by atoms with Gasteiger partial charge in [0.05, 0.1) is 36.2 Å². The predicted molar refractivity (Wildman–Crippen MR) is 119 cm³/mol. The number of nitrogens with zero attached hydrogens (tertiary/aromatic N) is 1. The number of sulfone groups is 1. The van der Waals surface area contributed by atoms with Crippen LogP contribution in [0.15, 0.2) is 53.4 Å². The van der Waals surface area contributed by atoms with E-state index < -0.39 is 15.1 Å². The molecule has 2 aromatic rings. The quantitative estimate of drug-likeness (QED) is 0.708. The van der Waals surface area contributed by atoms with Crippen molar-refractivity contribution in [2.75, 3.05) is 31.6 Å². The highest BCUT2D eigenvalue weighted by molar-refractivity contribution is 7.92. The van der Waals surface area contributed by atoms with Crippen molar-refractivity contribution in [3.8, 4) is 0 Å². The number of hydrogen-bond donors (Lipinski definition) is 1. The Labute approximate surface area is 183 Å². The Balaban J connectivity index is 1.53. The Kier molecular flexibility index (Phi) is 7.46. The molecular formula is C23H28N2O5S. The highest BCUT2D eigenvalue weighted by atomic mass is 32.2. The Morgan fingerprint density at radius 2 is 1.48 bits per heavy atom. The van der Waals surface area contributed by atoms with Gasteiger partial charge in [-0.3, -0.25) is 9.59 Å². The summed E-state index contributed by atoms with van der Waals surface area (Å²) in [4.78, 5) is 26.7. The van der Waals surface area contributed by atoms with Crippen LogP contribution < -0.4 is 5.32 Å². The molecule has 0 aromatic heterocycles. The first-order valence-corrected chi connectivity index (χ1v) is 11.9. The maximum absolute atomic E-state index is 12.3. The number of carbonyl (C=O) groups excluding carboxylic acids is 2. The normalized spacial score (nSPS) is 14.5. The van der Waals surface area contributed by atoms with Crippen LogP contribution in [0.2, 0.25) is 0 Å². The van der Waals surface area contributed by atoms with Gasteiger partial charge in [-0.15, -0.1) is 0 Å². The molecule has 1 heterocycles. The number of nitrogens with one attached hydrogen (secondary N) is 1. The van der Waals surface area contributed by atoms with Gasteiger partial charge in [0.25, 0.3) is 0 Å². The molecule has 2 aromatic carbocycles. The first-order chi connectivity index (χ1) is 14.8. The third kappa shape index (κ3) is 6.15. The van der Waals surface area contributed by atoms with Crippen molar-refractivity contribution >= 4 is 27.3 Å². The second kappa shape index (κ2) is 10.1. The Bertz CT molecular complexity index is 1010. The second-order valence-electron chi connectivity index (χ2n) is 7.83. The third-order valence-electron chi connectivity index (χ3n) is 5.19. The molecule has 0 aliphatic carbocycles. The molecule has 1 aliphatic heterocycles. The third-order valence-corrected chi connectivity index (χ3v) is 7.36. The minimum absolute atomic E-state index is 0.0722. The van der Waals surface area contributed by atoms with E-state index in [2.05, 4.69) is 5.32 Å². The van der Waals surface area contributed by atoms with Gasteiger partial charge in [-0.1, -0.05) is 24.3 Å². The zero-order valence-corrected chi connectivity index (χ0v) is 18.7. The summed E-state index contributed by atoms with van der Waals surface area (Å²) in [6.07, 6.45) is 0.457. The molecule has 0 radical (unpaired) electrons. The van der Waals surface area contributed by atoms with Crippen LogP contribution in [0.3, 0.4) is 0 Å². The first kappa shape index (κ1) is 23.0. The van der Waals surface area contributed by atoms with E-state index in [0.717, 1.165) is 11.1 Å². The average Bonchev–Trinajstić information content (AvgIpc) is 2.76. The molecule has 1 N–H and O–H groups in total. The Morgan fingerprint density at radius 1 is 0.935 bits per heavy atom. The fraction of sp³-hybridized carbons (Fsp3) is 0.391. The lowest BCUT2D eigenvalue weighted by atomic mass is 10.1. The van der Waals surface area contributed by atoms with Crippen molar-refractivity contribution in [2.45, 2.75) is 36.8 Å². The fourth-order valence-corrected chi connectivity index (χ4v) is 4.32. The van der Waals surface area contributed by atoms with Crippen molar-refractivity contribution in [2.24, 2.45) is 0 Å². The molecule has 8 heteroatoms. The van der Waals surface area contributed by atoms with Gasteiger partial charge in [0.15, 0.2) is 9.84 Å². The molecule has 166 valence electrons. The number of ether oxygens (including phenoxy) is 1. The summed E-state index contributed by atoms with van der Waals surface area (Å²) in [5.41, 5.74) is 2.26. The molecule has 0 bridgehead atoms. The summed E-state index contributed by atoms with van der Waals surface area (Å²) in [7, 11) is -3.32. The number of rotatable bonds is 7. The highest BCUT2D eigenvalue weighted by Gasteiger charge is 2.19. The fourth-order valence-electron chi connectivity index (χ4n) is 3.26. The molecule has 0 unspecified atom stereocenters. The largest absolute Gasteiger partial charge is 0.378 e. The zero-order chi connectivity index (χ0) is 22.4. The predicted octanol–water partition coefficient (Wildman–Crippen LogP) is 2.45. The van der Waals surface area contributed by atoms with E-state index in [9.17, 15) is 18.0 Å². The summed E-state index contributed by atoms with van der Waals surface area (Å²) >= 11 is 0. The summed E-state index contributed by atoms with van der Waals surface area (Å²) in [6, 6.07) is 13.6. The molecule has 2 amide bonds. The Morgan fingerprint density at radius 3 is 2.06 bits per heavy atom. The molecule has 1 aliphatic rings. The van der Waals surface area contributed by atoms with E-state index in [-0.39, 0.29) is 23.1 Å². The summed E-state index contributed by atoms with van der Waals surface area (Å²) in [6.45, 7) is 5.68. The minimum atomic E-state index is -3.32. The standard InChI is InChI=1S/C23H28N2O5S/c1-17(2)31(28,29)21-9-5-18(6-10-21)15-22(26)24-20-7-3-19(4-8-20)16-23(27)25-11-13-30-14-12-25/h3-10,17H,11-16H2,1-2H3,(H,24,26). The van der Waals surface area contributed by atoms with Crippen molar-refractivity contribution < 1.29 is 22.7 Å². The van der Waals surface area contributed by atoms with Gasteiger partial charge in [-0.05, 0) is 49.2 Å². The molecule has 31 heavy (non-hydrogen) atoms. The van der Waals surface area contributed by atoms with Crippen LogP contribution >= 0.6 is 0 Å². The lowest BCUT2D eigenvalue weighted by Gasteiger charge is -2.26. The van der Waals surface area contributed by atoms with Crippen molar-refractivity contribution in [3.05, 3.63) is 59.7 Å². The van der Waals surface area contributed by atoms with Crippen molar-refractivity contribution in [3.63, 3.8) is 0 Å². The topological polar surface area (TPSA) is 92.8 Å². The smallest absolute Gasteiger partial charge is 0.228 e. The van der Waals surface area contributed by atoms with Crippen LogP contribution in [0.25, 0.3) is 0 Å². The lowest BCUT2D eigenvalue weighted by Crippen LogP contribution is -2.41. The molecule has 1 saturated heterocycles. The molecule has 7 nitrogen and oxygen atoms in total. The average molecular weight is 445 g/mol. The van der Waals surface area contributed by atoms with Gasteiger partial charge < -0.3 is 15.0 Å². The number of hydrogen-bond acceptors (Lipinski definition) is 5. The highest BCUT2D eigenvalue weighted by Crippen LogP contribution is 2.17. The van der Waals surface area contributed by atoms with E-state index in [1.54, 1.807) is 43.0 Å². The molecular weight excluding hydrogens is 416 g/mol. The van der Waals surface area contributed by atoms with Crippen LogP contribution in [0.5, 0.6) is 0 Å². The Hall–Kier alpha value is -2.71. The van der Waals surface area contributed by atoms with E-state index >= 15 is 0 Å². The molecule has 0 spiro atoms. The number of benzene rings is 2. The van der Waals surface area contributed by atoms with Gasteiger partial charge in [0.1, 0.15) is 0 Å². The number of morpholine rings is 1. The number of amides is 2. The van der Waals surface area contributed by atoms with Crippen LogP contribution in [0.4, 0.5) is 5.69 Å². The molecule has 1 fully saturated rings. The second-order valence-corrected chi connectivity index (χ2v) is 10.3. The SMILES string of the molecule is CC(C)S(=O)(=O)c1ccc(CC(=O)Nc2ccc(CC(=O)N3CCOCC3)cc2)cc1. The van der Waals surface area contributed by atoms with E-state index in [4.69, 9.17) is 4.74 Å². The van der Waals surface area contributed by atoms with Crippen LogP contribution in [0, 0.1) is 0 Å². The van der Waals surface area contributed by atoms with E-state index in [1.165, 1.54) is 12.1 Å². The summed E-state index contributed by atoms with van der Waals surface area (Å²) in [5.74, 6) is -0.125. The lowest BCUT2D eigenvalue weighted by molar-refractivity contribution is -0.134. The monoisotopic (exact) mass is 444 g/mol. The maximum Gasteiger partial charge on any atom is 0.228 e. The van der Waals surface area contributed by atoms with Gasteiger partial charge >= 0.3 is 0 Å². The molecule has 0 atom stereocenters. The molecule has 0 saturated carbocycles. The number of carbonyl (C=O) groups is 2. The van der Waals surface area contributed by atoms with Crippen LogP contribution in [-0.2, 0) is 37.0 Å². The van der Waals surface area contributed by atoms with Crippen LogP contribution in [0.1, 0.15) is 25.0 Å². The van der Waals surface area contributed by atoms with Crippen molar-refractivity contribution in [1.82, 2.24) is 4.90 Å². The van der Waals surface area contributed by atoms with Gasteiger partial charge in [0, 0.05) is 18.8 Å². The molecule has 3 rings (SSSR count). The van der Waals surface area contributed by atoms with Gasteiger partial charge in [-0.25, -0.2) is 8.42 Å². The van der Waals surface area contributed by atoms with E-state index in [0.29, 0.717) is 38.4 Å². The van der Waals surface area contributed by atoms with Gasteiger partial charge in [0.2, 0.25) is 11.8 Å². The number of anilines is 1. The van der Waals surface area contributed by atoms with Crippen molar-refractivity contribution in [1.29, 1.82) is 0 Å². The van der Waals surface area contributed by atoms with E-state index in [1.807, 2.05) is 12.1 Å².